The minimum absolute atomic E-state index is 0.256. The third kappa shape index (κ3) is 3.60. The van der Waals surface area contributed by atoms with Gasteiger partial charge in [0.2, 0.25) is 5.88 Å². The minimum Gasteiger partial charge on any atom is -0.481 e. The van der Waals surface area contributed by atoms with Crippen LogP contribution in [0, 0.1) is 5.82 Å². The molecule has 0 aromatic carbocycles. The Labute approximate surface area is 109 Å². The molecule has 6 heteroatoms. The molecule has 1 aromatic rings. The molecule has 0 fully saturated rings. The van der Waals surface area contributed by atoms with Gasteiger partial charge in [-0.15, -0.1) is 0 Å². The molecule has 0 aliphatic rings. The molecule has 4 nitrogen and oxygen atoms in total. The third-order valence-electron chi connectivity index (χ3n) is 2.65. The maximum absolute atomic E-state index is 13.1. The van der Waals surface area contributed by atoms with Crippen LogP contribution >= 0.6 is 0 Å². The van der Waals surface area contributed by atoms with E-state index in [9.17, 15) is 8.60 Å². The summed E-state index contributed by atoms with van der Waals surface area (Å²) in [4.78, 5) is 3.77. The van der Waals surface area contributed by atoms with Gasteiger partial charge in [0.25, 0.3) is 0 Å². The van der Waals surface area contributed by atoms with Crippen LogP contribution in [0.15, 0.2) is 16.7 Å². The highest BCUT2D eigenvalue weighted by molar-refractivity contribution is 7.85. The van der Waals surface area contributed by atoms with Gasteiger partial charge in [0.15, 0.2) is 0 Å². The lowest BCUT2D eigenvalue weighted by atomic mass is 10.1. The molecule has 1 aromatic heterocycles. The number of halogens is 1. The van der Waals surface area contributed by atoms with E-state index in [1.54, 1.807) is 0 Å². The molecule has 0 aliphatic heterocycles. The van der Waals surface area contributed by atoms with Crippen molar-refractivity contribution in [1.29, 1.82) is 0 Å². The second kappa shape index (κ2) is 6.04. The van der Waals surface area contributed by atoms with Crippen molar-refractivity contribution in [2.75, 3.05) is 7.11 Å². The molecule has 0 saturated carbocycles. The Morgan fingerprint density at radius 3 is 2.83 bits per heavy atom. The standard InChI is InChI=1S/C12H17FN2O2S/c1-5-12(2,3)18(16)15-7-9-6-10(13)8-14-11(9)17-4/h6-8H,5H2,1-4H3/t18-/m0/s1. The zero-order valence-electron chi connectivity index (χ0n) is 10.9. The number of pyridine rings is 1. The topological polar surface area (TPSA) is 51.5 Å². The fourth-order valence-corrected chi connectivity index (χ4v) is 1.82. The van der Waals surface area contributed by atoms with Crippen molar-refractivity contribution in [2.45, 2.75) is 31.9 Å². The molecule has 0 unspecified atom stereocenters. The average Bonchev–Trinajstić information content (AvgIpc) is 2.36. The quantitative estimate of drug-likeness (QED) is 0.774. The lowest BCUT2D eigenvalue weighted by Gasteiger charge is -2.17. The molecular formula is C12H17FN2O2S. The van der Waals surface area contributed by atoms with Crippen LogP contribution in [-0.2, 0) is 11.0 Å². The maximum Gasteiger partial charge on any atom is 0.222 e. The number of ether oxygens (including phenoxy) is 1. The van der Waals surface area contributed by atoms with Gasteiger partial charge >= 0.3 is 0 Å². The molecule has 0 spiro atoms. The Morgan fingerprint density at radius 1 is 1.61 bits per heavy atom. The van der Waals surface area contributed by atoms with Crippen molar-refractivity contribution >= 4 is 17.2 Å². The SMILES string of the molecule is CCC(C)(C)[S@](=O)N=Cc1cc(F)cnc1OC. The molecule has 1 heterocycles. The number of hydrogen-bond acceptors (Lipinski definition) is 3. The first kappa shape index (κ1) is 14.8. The average molecular weight is 272 g/mol. The summed E-state index contributed by atoms with van der Waals surface area (Å²) in [5.74, 6) is -0.232. The van der Waals surface area contributed by atoms with Crippen LogP contribution in [0.4, 0.5) is 4.39 Å². The van der Waals surface area contributed by atoms with Crippen LogP contribution in [0.25, 0.3) is 0 Å². The van der Waals surface area contributed by atoms with E-state index < -0.39 is 21.5 Å². The Kier molecular flexibility index (Phi) is 4.95. The highest BCUT2D eigenvalue weighted by atomic mass is 32.2. The van der Waals surface area contributed by atoms with Gasteiger partial charge in [-0.2, -0.15) is 4.40 Å². The first-order chi connectivity index (χ1) is 8.40. The van der Waals surface area contributed by atoms with E-state index >= 15 is 0 Å². The first-order valence-electron chi connectivity index (χ1n) is 5.56. The maximum atomic E-state index is 13.1. The van der Waals surface area contributed by atoms with Crippen LogP contribution in [0.5, 0.6) is 5.88 Å². The van der Waals surface area contributed by atoms with Crippen molar-refractivity contribution in [2.24, 2.45) is 4.40 Å². The van der Waals surface area contributed by atoms with Crippen LogP contribution in [-0.4, -0.2) is 27.3 Å². The van der Waals surface area contributed by atoms with Crippen molar-refractivity contribution < 1.29 is 13.3 Å². The number of methoxy groups -OCH3 is 1. The molecule has 100 valence electrons. The lowest BCUT2D eigenvalue weighted by Crippen LogP contribution is -2.23. The van der Waals surface area contributed by atoms with E-state index in [1.807, 2.05) is 20.8 Å². The zero-order chi connectivity index (χ0) is 13.8. The zero-order valence-corrected chi connectivity index (χ0v) is 11.8. The molecule has 0 radical (unpaired) electrons. The van der Waals surface area contributed by atoms with E-state index in [-0.39, 0.29) is 5.88 Å². The monoisotopic (exact) mass is 272 g/mol. The molecule has 0 amide bonds. The molecule has 0 bridgehead atoms. The molecule has 1 rings (SSSR count). The Hall–Kier alpha value is -1.30. The first-order valence-corrected chi connectivity index (χ1v) is 6.67. The van der Waals surface area contributed by atoms with E-state index in [2.05, 4.69) is 9.38 Å². The van der Waals surface area contributed by atoms with Gasteiger partial charge in [-0.1, -0.05) is 6.92 Å². The summed E-state index contributed by atoms with van der Waals surface area (Å²) in [6.07, 6.45) is 3.13. The normalized spacial score (nSPS) is 13.8. The van der Waals surface area contributed by atoms with E-state index in [0.29, 0.717) is 5.56 Å². The van der Waals surface area contributed by atoms with E-state index in [4.69, 9.17) is 4.74 Å². The summed E-state index contributed by atoms with van der Waals surface area (Å²) in [6.45, 7) is 5.67. The van der Waals surface area contributed by atoms with Crippen LogP contribution in [0.1, 0.15) is 32.8 Å². The van der Waals surface area contributed by atoms with Crippen LogP contribution < -0.4 is 4.74 Å². The molecule has 0 saturated heterocycles. The Morgan fingerprint density at radius 2 is 2.28 bits per heavy atom. The number of rotatable bonds is 5. The largest absolute Gasteiger partial charge is 0.481 e. The summed E-state index contributed by atoms with van der Waals surface area (Å²) in [6, 6.07) is 1.24. The Balaban J connectivity index is 2.97. The van der Waals surface area contributed by atoms with Gasteiger partial charge in [0.05, 0.1) is 29.8 Å². The predicted octanol–water partition coefficient (Wildman–Crippen LogP) is 2.50. The third-order valence-corrected chi connectivity index (χ3v) is 4.18. The molecule has 18 heavy (non-hydrogen) atoms. The second-order valence-electron chi connectivity index (χ2n) is 4.35. The summed E-state index contributed by atoms with van der Waals surface area (Å²) in [5, 5.41) is 0. The van der Waals surface area contributed by atoms with Crippen LogP contribution in [0.3, 0.4) is 0 Å². The summed E-state index contributed by atoms with van der Waals surface area (Å²) >= 11 is 0. The highest BCUT2D eigenvalue weighted by Gasteiger charge is 2.23. The van der Waals surface area contributed by atoms with Crippen molar-refractivity contribution in [3.8, 4) is 5.88 Å². The summed E-state index contributed by atoms with van der Waals surface area (Å²) in [7, 11) is 0.0510. The summed E-state index contributed by atoms with van der Waals surface area (Å²) < 4.78 is 33.5. The molecule has 0 aliphatic carbocycles. The van der Waals surface area contributed by atoms with Gasteiger partial charge in [-0.25, -0.2) is 13.6 Å². The van der Waals surface area contributed by atoms with Gasteiger partial charge in [-0.3, -0.25) is 0 Å². The predicted molar refractivity (Wildman–Crippen MR) is 70.9 cm³/mol. The van der Waals surface area contributed by atoms with Gasteiger partial charge < -0.3 is 4.74 Å². The smallest absolute Gasteiger partial charge is 0.222 e. The van der Waals surface area contributed by atoms with Gasteiger partial charge in [0.1, 0.15) is 16.8 Å². The molecule has 1 atom stereocenters. The number of hydrogen-bond donors (Lipinski definition) is 0. The number of aromatic nitrogens is 1. The lowest BCUT2D eigenvalue weighted by molar-refractivity contribution is 0.395. The van der Waals surface area contributed by atoms with Crippen LogP contribution in [0.2, 0.25) is 0 Å². The molecule has 0 N–H and O–H groups in total. The highest BCUT2D eigenvalue weighted by Crippen LogP contribution is 2.19. The summed E-state index contributed by atoms with van der Waals surface area (Å²) in [5.41, 5.74) is 0.373. The van der Waals surface area contributed by atoms with Gasteiger partial charge in [0, 0.05) is 0 Å². The fourth-order valence-electron chi connectivity index (χ4n) is 1.08. The van der Waals surface area contributed by atoms with E-state index in [1.165, 1.54) is 19.4 Å². The van der Waals surface area contributed by atoms with Gasteiger partial charge in [-0.05, 0) is 26.3 Å². The van der Waals surface area contributed by atoms with Crippen molar-refractivity contribution in [3.05, 3.63) is 23.6 Å². The fraction of sp³-hybridized carbons (Fsp3) is 0.500. The Bertz CT molecular complexity index is 475. The molecular weight excluding hydrogens is 255 g/mol. The van der Waals surface area contributed by atoms with Crippen molar-refractivity contribution in [1.82, 2.24) is 4.98 Å². The minimum atomic E-state index is -1.38. The van der Waals surface area contributed by atoms with Crippen molar-refractivity contribution in [3.63, 3.8) is 0 Å². The van der Waals surface area contributed by atoms with E-state index in [0.717, 1.165) is 12.6 Å². The number of nitrogens with zero attached hydrogens (tertiary/aromatic N) is 2. The second-order valence-corrected chi connectivity index (χ2v) is 6.16.